The first-order valence-corrected chi connectivity index (χ1v) is 6.31. The molecule has 2 aliphatic carbocycles. The lowest BCUT2D eigenvalue weighted by atomic mass is 10.0. The third kappa shape index (κ3) is 1.83. The number of hydrogen-bond donors (Lipinski definition) is 2. The van der Waals surface area contributed by atoms with Crippen LogP contribution in [0.25, 0.3) is 0 Å². The number of piperidine rings is 1. The maximum Gasteiger partial charge on any atom is 0.249 e. The quantitative estimate of drug-likeness (QED) is 0.660. The monoisotopic (exact) mass is 236 g/mol. The van der Waals surface area contributed by atoms with Crippen LogP contribution in [0.5, 0.6) is 0 Å². The molecule has 1 saturated heterocycles. The fourth-order valence-electron chi connectivity index (χ4n) is 3.31. The molecule has 0 aromatic carbocycles. The van der Waals surface area contributed by atoms with Crippen LogP contribution in [-0.2, 0) is 14.4 Å². The fraction of sp³-hybridized carbons (Fsp3) is 0.750. The Bertz CT molecular complexity index is 383. The molecule has 3 aliphatic rings. The van der Waals surface area contributed by atoms with Gasteiger partial charge in [-0.3, -0.25) is 19.7 Å². The third-order valence-corrected chi connectivity index (χ3v) is 4.26. The molecule has 2 saturated carbocycles. The second kappa shape index (κ2) is 3.82. The maximum atomic E-state index is 11.9. The van der Waals surface area contributed by atoms with Gasteiger partial charge in [-0.1, -0.05) is 6.42 Å². The minimum absolute atomic E-state index is 0.00852. The zero-order valence-corrected chi connectivity index (χ0v) is 9.57. The summed E-state index contributed by atoms with van der Waals surface area (Å²) in [6.07, 6.45) is 4.28. The topological polar surface area (TPSA) is 75.3 Å². The summed E-state index contributed by atoms with van der Waals surface area (Å²) in [6, 6.07) is -0.512. The second-order valence-corrected chi connectivity index (χ2v) is 5.30. The number of rotatable bonds is 2. The number of imide groups is 1. The van der Waals surface area contributed by atoms with E-state index in [1.807, 2.05) is 0 Å². The molecule has 0 aromatic heterocycles. The van der Waals surface area contributed by atoms with E-state index in [0.29, 0.717) is 24.7 Å². The number of carbonyl (C=O) groups excluding carboxylic acids is 3. The standard InChI is InChI=1S/C12H16N2O3/c15-9-5-4-8(11(16)14-9)13-12(17)10-6-2-1-3-7(6)10/h6-8,10H,1-5H2,(H,13,17)(H,14,15,16). The molecule has 2 N–H and O–H groups in total. The van der Waals surface area contributed by atoms with E-state index in [1.165, 1.54) is 6.42 Å². The van der Waals surface area contributed by atoms with Crippen LogP contribution in [-0.4, -0.2) is 23.8 Å². The molecule has 0 spiro atoms. The van der Waals surface area contributed by atoms with Crippen LogP contribution in [0, 0.1) is 17.8 Å². The summed E-state index contributed by atoms with van der Waals surface area (Å²) in [6.45, 7) is 0. The largest absolute Gasteiger partial charge is 0.344 e. The predicted octanol–water partition coefficient (Wildman–Crippen LogP) is -0.0461. The molecule has 3 fully saturated rings. The number of hydrogen-bond acceptors (Lipinski definition) is 3. The summed E-state index contributed by atoms with van der Waals surface area (Å²) < 4.78 is 0. The van der Waals surface area contributed by atoms with Crippen LogP contribution < -0.4 is 10.6 Å². The van der Waals surface area contributed by atoms with E-state index < -0.39 is 6.04 Å². The fourth-order valence-corrected chi connectivity index (χ4v) is 3.31. The van der Waals surface area contributed by atoms with Gasteiger partial charge >= 0.3 is 0 Å². The first-order valence-electron chi connectivity index (χ1n) is 6.31. The van der Waals surface area contributed by atoms with Gasteiger partial charge in [-0.2, -0.15) is 0 Å². The normalized spacial score (nSPS) is 39.5. The highest BCUT2D eigenvalue weighted by Crippen LogP contribution is 2.57. The number of nitrogens with one attached hydrogen (secondary N) is 2. The van der Waals surface area contributed by atoms with E-state index in [1.54, 1.807) is 0 Å². The van der Waals surface area contributed by atoms with Crippen molar-refractivity contribution in [2.45, 2.75) is 38.1 Å². The molecule has 3 amide bonds. The van der Waals surface area contributed by atoms with Crippen LogP contribution in [0.4, 0.5) is 0 Å². The van der Waals surface area contributed by atoms with E-state index in [-0.39, 0.29) is 23.6 Å². The minimum atomic E-state index is -0.512. The van der Waals surface area contributed by atoms with Crippen LogP contribution >= 0.6 is 0 Å². The van der Waals surface area contributed by atoms with E-state index >= 15 is 0 Å². The maximum absolute atomic E-state index is 11.9. The molecule has 3 unspecified atom stereocenters. The molecular formula is C12H16N2O3. The Labute approximate surface area is 99.3 Å². The minimum Gasteiger partial charge on any atom is -0.344 e. The Kier molecular flexibility index (Phi) is 2.42. The van der Waals surface area contributed by atoms with Crippen molar-refractivity contribution in [3.63, 3.8) is 0 Å². The van der Waals surface area contributed by atoms with Gasteiger partial charge in [0.05, 0.1) is 0 Å². The average molecular weight is 236 g/mol. The lowest BCUT2D eigenvalue weighted by molar-refractivity contribution is -0.137. The van der Waals surface area contributed by atoms with E-state index in [0.717, 1.165) is 12.8 Å². The van der Waals surface area contributed by atoms with Crippen molar-refractivity contribution in [1.29, 1.82) is 0 Å². The van der Waals surface area contributed by atoms with Crippen molar-refractivity contribution in [3.05, 3.63) is 0 Å². The van der Waals surface area contributed by atoms with Gasteiger partial charge in [0, 0.05) is 12.3 Å². The Morgan fingerprint density at radius 3 is 2.53 bits per heavy atom. The van der Waals surface area contributed by atoms with Crippen LogP contribution in [0.2, 0.25) is 0 Å². The van der Waals surface area contributed by atoms with Gasteiger partial charge in [-0.15, -0.1) is 0 Å². The van der Waals surface area contributed by atoms with E-state index in [9.17, 15) is 14.4 Å². The van der Waals surface area contributed by atoms with Crippen molar-refractivity contribution in [2.24, 2.45) is 17.8 Å². The average Bonchev–Trinajstić information content (AvgIpc) is 2.77. The van der Waals surface area contributed by atoms with Crippen molar-refractivity contribution in [3.8, 4) is 0 Å². The molecule has 0 aromatic rings. The predicted molar refractivity (Wildman–Crippen MR) is 58.6 cm³/mol. The van der Waals surface area contributed by atoms with Gasteiger partial charge in [0.15, 0.2) is 0 Å². The molecular weight excluding hydrogens is 220 g/mol. The summed E-state index contributed by atoms with van der Waals surface area (Å²) in [5.74, 6) is 0.652. The smallest absolute Gasteiger partial charge is 0.249 e. The molecule has 3 atom stereocenters. The Morgan fingerprint density at radius 1 is 1.18 bits per heavy atom. The van der Waals surface area contributed by atoms with Crippen LogP contribution in [0.1, 0.15) is 32.1 Å². The lowest BCUT2D eigenvalue weighted by Gasteiger charge is -2.22. The number of amides is 3. The first kappa shape index (κ1) is 10.7. The molecule has 5 heteroatoms. The summed E-state index contributed by atoms with van der Waals surface area (Å²) in [5.41, 5.74) is 0. The molecule has 1 heterocycles. The Morgan fingerprint density at radius 2 is 1.88 bits per heavy atom. The van der Waals surface area contributed by atoms with Crippen molar-refractivity contribution >= 4 is 17.7 Å². The summed E-state index contributed by atoms with van der Waals surface area (Å²) in [4.78, 5) is 34.4. The van der Waals surface area contributed by atoms with Gasteiger partial charge in [-0.25, -0.2) is 0 Å². The van der Waals surface area contributed by atoms with E-state index in [4.69, 9.17) is 0 Å². The van der Waals surface area contributed by atoms with Crippen LogP contribution in [0.3, 0.4) is 0 Å². The zero-order chi connectivity index (χ0) is 12.0. The number of carbonyl (C=O) groups is 3. The lowest BCUT2D eigenvalue weighted by Crippen LogP contribution is -2.52. The van der Waals surface area contributed by atoms with Crippen molar-refractivity contribution < 1.29 is 14.4 Å². The Balaban J connectivity index is 1.55. The van der Waals surface area contributed by atoms with Gasteiger partial charge in [0.2, 0.25) is 17.7 Å². The molecule has 5 nitrogen and oxygen atoms in total. The van der Waals surface area contributed by atoms with Crippen molar-refractivity contribution in [2.75, 3.05) is 0 Å². The molecule has 92 valence electrons. The van der Waals surface area contributed by atoms with E-state index in [2.05, 4.69) is 10.6 Å². The zero-order valence-electron chi connectivity index (χ0n) is 9.57. The summed E-state index contributed by atoms with van der Waals surface area (Å²) in [7, 11) is 0. The third-order valence-electron chi connectivity index (χ3n) is 4.26. The van der Waals surface area contributed by atoms with Crippen LogP contribution in [0.15, 0.2) is 0 Å². The highest BCUT2D eigenvalue weighted by Gasteiger charge is 2.56. The molecule has 17 heavy (non-hydrogen) atoms. The van der Waals surface area contributed by atoms with Gasteiger partial charge in [0.1, 0.15) is 6.04 Å². The SMILES string of the molecule is O=C1CCC(NC(=O)C2C3CCCC32)C(=O)N1. The molecule has 1 aliphatic heterocycles. The molecule has 3 rings (SSSR count). The highest BCUT2D eigenvalue weighted by atomic mass is 16.2. The number of fused-ring (bicyclic) bond motifs is 1. The van der Waals surface area contributed by atoms with Crippen molar-refractivity contribution in [1.82, 2.24) is 10.6 Å². The van der Waals surface area contributed by atoms with Gasteiger partial charge in [0.25, 0.3) is 0 Å². The second-order valence-electron chi connectivity index (χ2n) is 5.30. The Hall–Kier alpha value is -1.39. The molecule has 0 radical (unpaired) electrons. The summed E-state index contributed by atoms with van der Waals surface area (Å²) >= 11 is 0. The summed E-state index contributed by atoms with van der Waals surface area (Å²) in [5, 5.41) is 5.03. The highest BCUT2D eigenvalue weighted by molar-refractivity contribution is 6.02. The molecule has 0 bridgehead atoms. The van der Waals surface area contributed by atoms with Gasteiger partial charge < -0.3 is 5.32 Å². The van der Waals surface area contributed by atoms with Gasteiger partial charge in [-0.05, 0) is 31.1 Å². The first-order chi connectivity index (χ1) is 8.16.